The number of piperazine rings is 1. The first-order chi connectivity index (χ1) is 12.8. The van der Waals surface area contributed by atoms with Gasteiger partial charge in [0.15, 0.2) is 0 Å². The number of nitro groups is 1. The number of halogens is 1. The first kappa shape index (κ1) is 19.4. The predicted molar refractivity (Wildman–Crippen MR) is 99.0 cm³/mol. The summed E-state index contributed by atoms with van der Waals surface area (Å²) in [5.74, 6) is -0.455. The van der Waals surface area contributed by atoms with Gasteiger partial charge < -0.3 is 0 Å². The Balaban J connectivity index is 1.57. The standard InChI is InChI=1S/C18H20FN3O4S/c19-18-4-2-1-3-16(18)13-20-9-11-21(12-10-20)27(25,26)14-15-5-7-17(8-6-15)22(23)24/h1-8H,9-14H2. The van der Waals surface area contributed by atoms with Gasteiger partial charge in [-0.05, 0) is 11.6 Å². The molecule has 0 N–H and O–H groups in total. The summed E-state index contributed by atoms with van der Waals surface area (Å²) >= 11 is 0. The molecule has 0 radical (unpaired) electrons. The Morgan fingerprint density at radius 1 is 1.00 bits per heavy atom. The lowest BCUT2D eigenvalue weighted by Crippen LogP contribution is -2.48. The summed E-state index contributed by atoms with van der Waals surface area (Å²) < 4.78 is 40.4. The Kier molecular flexibility index (Phi) is 5.83. The zero-order valence-electron chi connectivity index (χ0n) is 14.6. The Morgan fingerprint density at radius 2 is 1.63 bits per heavy atom. The SMILES string of the molecule is O=[N+]([O-])c1ccc(CS(=O)(=O)N2CCN(Cc3ccccc3F)CC2)cc1. The van der Waals surface area contributed by atoms with Gasteiger partial charge in [0.1, 0.15) is 5.82 Å². The van der Waals surface area contributed by atoms with Crippen molar-refractivity contribution in [3.8, 4) is 0 Å². The van der Waals surface area contributed by atoms with Crippen LogP contribution in [-0.4, -0.2) is 48.7 Å². The smallest absolute Gasteiger partial charge is 0.269 e. The number of hydrogen-bond donors (Lipinski definition) is 0. The molecule has 0 aromatic heterocycles. The van der Waals surface area contributed by atoms with Gasteiger partial charge in [-0.1, -0.05) is 30.3 Å². The minimum atomic E-state index is -3.51. The van der Waals surface area contributed by atoms with Crippen molar-refractivity contribution in [3.05, 3.63) is 75.6 Å². The number of nitrogens with zero attached hydrogens (tertiary/aromatic N) is 3. The number of benzene rings is 2. The molecule has 0 saturated carbocycles. The molecule has 1 fully saturated rings. The van der Waals surface area contributed by atoms with E-state index in [-0.39, 0.29) is 17.3 Å². The number of sulfonamides is 1. The molecule has 7 nitrogen and oxygen atoms in total. The number of rotatable bonds is 6. The van der Waals surface area contributed by atoms with E-state index in [0.29, 0.717) is 43.9 Å². The second kappa shape index (κ2) is 8.12. The fourth-order valence-electron chi connectivity index (χ4n) is 3.05. The van der Waals surface area contributed by atoms with E-state index in [1.54, 1.807) is 18.2 Å². The highest BCUT2D eigenvalue weighted by Gasteiger charge is 2.27. The van der Waals surface area contributed by atoms with Crippen molar-refractivity contribution in [1.82, 2.24) is 9.21 Å². The molecule has 2 aromatic carbocycles. The first-order valence-corrected chi connectivity index (χ1v) is 10.1. The summed E-state index contributed by atoms with van der Waals surface area (Å²) in [4.78, 5) is 12.2. The molecule has 9 heteroatoms. The van der Waals surface area contributed by atoms with E-state index in [1.165, 1.54) is 34.6 Å². The molecule has 0 bridgehead atoms. The van der Waals surface area contributed by atoms with Crippen molar-refractivity contribution in [2.24, 2.45) is 0 Å². The average molecular weight is 393 g/mol. The lowest BCUT2D eigenvalue weighted by molar-refractivity contribution is -0.384. The van der Waals surface area contributed by atoms with Crippen LogP contribution < -0.4 is 0 Å². The highest BCUT2D eigenvalue weighted by Crippen LogP contribution is 2.18. The van der Waals surface area contributed by atoms with E-state index < -0.39 is 14.9 Å². The van der Waals surface area contributed by atoms with Gasteiger partial charge in [0.05, 0.1) is 10.7 Å². The third-order valence-electron chi connectivity index (χ3n) is 4.57. The van der Waals surface area contributed by atoms with E-state index in [1.807, 2.05) is 4.90 Å². The van der Waals surface area contributed by atoms with Crippen LogP contribution >= 0.6 is 0 Å². The minimum Gasteiger partial charge on any atom is -0.296 e. The molecule has 1 aliphatic heterocycles. The van der Waals surface area contributed by atoms with Crippen LogP contribution in [0.1, 0.15) is 11.1 Å². The van der Waals surface area contributed by atoms with Crippen LogP contribution in [0.5, 0.6) is 0 Å². The lowest BCUT2D eigenvalue weighted by atomic mass is 10.2. The zero-order chi connectivity index (χ0) is 19.4. The summed E-state index contributed by atoms with van der Waals surface area (Å²) in [6.07, 6.45) is 0. The van der Waals surface area contributed by atoms with Crippen molar-refractivity contribution < 1.29 is 17.7 Å². The largest absolute Gasteiger partial charge is 0.296 e. The molecule has 1 saturated heterocycles. The van der Waals surface area contributed by atoms with Crippen LogP contribution in [-0.2, 0) is 22.3 Å². The normalized spacial score (nSPS) is 16.3. The molecule has 144 valence electrons. The van der Waals surface area contributed by atoms with Gasteiger partial charge in [-0.2, -0.15) is 4.31 Å². The summed E-state index contributed by atoms with van der Waals surface area (Å²) in [5, 5.41) is 10.7. The second-order valence-corrected chi connectivity index (χ2v) is 8.42. The van der Waals surface area contributed by atoms with E-state index in [2.05, 4.69) is 0 Å². The van der Waals surface area contributed by atoms with E-state index in [9.17, 15) is 22.9 Å². The van der Waals surface area contributed by atoms with Crippen molar-refractivity contribution in [2.45, 2.75) is 12.3 Å². The van der Waals surface area contributed by atoms with E-state index in [0.717, 1.165) is 0 Å². The van der Waals surface area contributed by atoms with Gasteiger partial charge in [-0.25, -0.2) is 12.8 Å². The van der Waals surface area contributed by atoms with Crippen molar-refractivity contribution in [3.63, 3.8) is 0 Å². The van der Waals surface area contributed by atoms with Gasteiger partial charge in [-0.3, -0.25) is 15.0 Å². The zero-order valence-corrected chi connectivity index (χ0v) is 15.4. The monoisotopic (exact) mass is 393 g/mol. The van der Waals surface area contributed by atoms with Crippen LogP contribution in [0.4, 0.5) is 10.1 Å². The number of non-ortho nitro benzene ring substituents is 1. The molecule has 0 spiro atoms. The number of nitro benzene ring substituents is 1. The molecular weight excluding hydrogens is 373 g/mol. The maximum atomic E-state index is 13.8. The predicted octanol–water partition coefficient (Wildman–Crippen LogP) is 2.38. The Hall–Kier alpha value is -2.36. The van der Waals surface area contributed by atoms with Crippen LogP contribution in [0.25, 0.3) is 0 Å². The van der Waals surface area contributed by atoms with Crippen molar-refractivity contribution in [1.29, 1.82) is 0 Å². The molecule has 0 unspecified atom stereocenters. The average Bonchev–Trinajstić information content (AvgIpc) is 2.64. The van der Waals surface area contributed by atoms with E-state index >= 15 is 0 Å². The molecule has 0 amide bonds. The minimum absolute atomic E-state index is 0.0714. The molecule has 1 heterocycles. The van der Waals surface area contributed by atoms with Gasteiger partial charge in [0.25, 0.3) is 5.69 Å². The fraction of sp³-hybridized carbons (Fsp3) is 0.333. The molecule has 27 heavy (non-hydrogen) atoms. The highest BCUT2D eigenvalue weighted by molar-refractivity contribution is 7.88. The summed E-state index contributed by atoms with van der Waals surface area (Å²) in [5.41, 5.74) is 1.03. The Morgan fingerprint density at radius 3 is 2.22 bits per heavy atom. The van der Waals surface area contributed by atoms with Crippen molar-refractivity contribution >= 4 is 15.7 Å². The summed E-state index contributed by atoms with van der Waals surface area (Å²) in [6.45, 7) is 2.16. The summed E-state index contributed by atoms with van der Waals surface area (Å²) in [6, 6.07) is 12.1. The van der Waals surface area contributed by atoms with Crippen LogP contribution in [0.2, 0.25) is 0 Å². The first-order valence-electron chi connectivity index (χ1n) is 8.52. The molecule has 3 rings (SSSR count). The van der Waals surface area contributed by atoms with Gasteiger partial charge >= 0.3 is 0 Å². The molecule has 0 atom stereocenters. The summed E-state index contributed by atoms with van der Waals surface area (Å²) in [7, 11) is -3.51. The molecule has 0 aliphatic carbocycles. The van der Waals surface area contributed by atoms with Gasteiger partial charge in [-0.15, -0.1) is 0 Å². The van der Waals surface area contributed by atoms with Gasteiger partial charge in [0.2, 0.25) is 10.0 Å². The van der Waals surface area contributed by atoms with Gasteiger partial charge in [0, 0.05) is 50.4 Å². The van der Waals surface area contributed by atoms with Crippen molar-refractivity contribution in [2.75, 3.05) is 26.2 Å². The second-order valence-electron chi connectivity index (χ2n) is 6.45. The maximum Gasteiger partial charge on any atom is 0.269 e. The molecule has 2 aromatic rings. The topological polar surface area (TPSA) is 83.8 Å². The third kappa shape index (κ3) is 4.88. The van der Waals surface area contributed by atoms with Crippen LogP contribution in [0.3, 0.4) is 0 Å². The lowest BCUT2D eigenvalue weighted by Gasteiger charge is -2.34. The fourth-order valence-corrected chi connectivity index (χ4v) is 4.57. The number of hydrogen-bond acceptors (Lipinski definition) is 5. The van der Waals surface area contributed by atoms with Crippen LogP contribution in [0, 0.1) is 15.9 Å². The maximum absolute atomic E-state index is 13.8. The molecular formula is C18H20FN3O4S. The quantitative estimate of drug-likeness (QED) is 0.556. The van der Waals surface area contributed by atoms with Crippen LogP contribution in [0.15, 0.2) is 48.5 Å². The molecule has 1 aliphatic rings. The third-order valence-corrected chi connectivity index (χ3v) is 6.42. The Bertz CT molecular complexity index is 910. The highest BCUT2D eigenvalue weighted by atomic mass is 32.2. The Labute approximate surface area is 157 Å². The van der Waals surface area contributed by atoms with E-state index in [4.69, 9.17) is 0 Å².